The summed E-state index contributed by atoms with van der Waals surface area (Å²) >= 11 is 1.30. The van der Waals surface area contributed by atoms with Crippen molar-refractivity contribution in [1.29, 1.82) is 0 Å². The summed E-state index contributed by atoms with van der Waals surface area (Å²) in [6.45, 7) is 1.45. The van der Waals surface area contributed by atoms with Gasteiger partial charge in [-0.3, -0.25) is 9.78 Å². The second kappa shape index (κ2) is 6.67. The van der Waals surface area contributed by atoms with Crippen molar-refractivity contribution in [3.8, 4) is 11.5 Å². The number of aromatic nitrogens is 1. The fourth-order valence-corrected chi connectivity index (χ4v) is 3.12. The number of anilines is 1. The van der Waals surface area contributed by atoms with Gasteiger partial charge in [-0.15, -0.1) is 11.3 Å². The molecule has 2 heterocycles. The number of pyridine rings is 1. The van der Waals surface area contributed by atoms with Gasteiger partial charge >= 0.3 is 5.97 Å². The summed E-state index contributed by atoms with van der Waals surface area (Å²) in [5, 5.41) is 3.48. The van der Waals surface area contributed by atoms with Crippen LogP contribution in [-0.4, -0.2) is 24.0 Å². The van der Waals surface area contributed by atoms with Crippen LogP contribution in [-0.2, 0) is 9.53 Å². The van der Waals surface area contributed by atoms with Crippen LogP contribution in [0.15, 0.2) is 42.7 Å². The molecule has 0 saturated carbocycles. The largest absolute Gasteiger partial charge is 0.465 e. The number of fused-ring (bicyclic) bond motifs is 1. The number of benzene rings is 1. The minimum atomic E-state index is -0.387. The zero-order valence-corrected chi connectivity index (χ0v) is 13.8. The highest BCUT2D eigenvalue weighted by Crippen LogP contribution is 2.34. The molecule has 1 N–H and O–H groups in total. The number of hydrogen-bond donors (Lipinski definition) is 1. The SMILES string of the molecule is COC(=O)c1cc2c(Oc3ccc(NC(C)=O)cc3)cncc2s1. The topological polar surface area (TPSA) is 77.5 Å². The summed E-state index contributed by atoms with van der Waals surface area (Å²) in [7, 11) is 1.35. The molecule has 0 spiro atoms. The Balaban J connectivity index is 1.88. The van der Waals surface area contributed by atoms with Gasteiger partial charge in [0.25, 0.3) is 0 Å². The van der Waals surface area contributed by atoms with Gasteiger partial charge in [0.2, 0.25) is 5.91 Å². The van der Waals surface area contributed by atoms with Gasteiger partial charge in [-0.1, -0.05) is 0 Å². The zero-order chi connectivity index (χ0) is 17.1. The second-order valence-electron chi connectivity index (χ2n) is 4.96. The molecule has 2 aromatic heterocycles. The number of methoxy groups -OCH3 is 1. The molecule has 0 unspecified atom stereocenters. The Labute approximate surface area is 142 Å². The number of nitrogens with zero attached hydrogens (tertiary/aromatic N) is 1. The third-order valence-electron chi connectivity index (χ3n) is 3.20. The Morgan fingerprint density at radius 2 is 1.92 bits per heavy atom. The second-order valence-corrected chi connectivity index (χ2v) is 6.04. The van der Waals surface area contributed by atoms with E-state index in [1.807, 2.05) is 0 Å². The van der Waals surface area contributed by atoms with Crippen LogP contribution in [0.25, 0.3) is 10.1 Å². The van der Waals surface area contributed by atoms with E-state index in [1.54, 1.807) is 42.7 Å². The number of rotatable bonds is 4. The molecular weight excluding hydrogens is 328 g/mol. The highest BCUT2D eigenvalue weighted by atomic mass is 32.1. The van der Waals surface area contributed by atoms with E-state index in [2.05, 4.69) is 10.3 Å². The van der Waals surface area contributed by atoms with Gasteiger partial charge in [0.1, 0.15) is 10.6 Å². The molecule has 3 aromatic rings. The van der Waals surface area contributed by atoms with Crippen molar-refractivity contribution >= 4 is 39.0 Å². The van der Waals surface area contributed by atoms with Gasteiger partial charge in [0, 0.05) is 24.2 Å². The molecule has 122 valence electrons. The first-order valence-electron chi connectivity index (χ1n) is 7.08. The van der Waals surface area contributed by atoms with Crippen LogP contribution in [0.4, 0.5) is 5.69 Å². The number of esters is 1. The first-order chi connectivity index (χ1) is 11.6. The van der Waals surface area contributed by atoms with Gasteiger partial charge in [-0.2, -0.15) is 0 Å². The van der Waals surface area contributed by atoms with E-state index in [0.717, 1.165) is 10.1 Å². The molecule has 0 fully saturated rings. The Morgan fingerprint density at radius 3 is 2.58 bits per heavy atom. The average molecular weight is 342 g/mol. The van der Waals surface area contributed by atoms with Gasteiger partial charge in [-0.25, -0.2) is 4.79 Å². The van der Waals surface area contributed by atoms with Crippen LogP contribution in [0.1, 0.15) is 16.6 Å². The fourth-order valence-electron chi connectivity index (χ4n) is 2.15. The van der Waals surface area contributed by atoms with E-state index in [1.165, 1.54) is 25.4 Å². The minimum absolute atomic E-state index is 0.133. The third-order valence-corrected chi connectivity index (χ3v) is 4.25. The number of carbonyl (C=O) groups excluding carboxylic acids is 2. The standard InChI is InChI=1S/C17H14N2O4S/c1-10(20)19-11-3-5-12(6-4-11)23-14-8-18-9-16-13(14)7-15(24-16)17(21)22-2/h3-9H,1-2H3,(H,19,20). The molecule has 0 aliphatic rings. The van der Waals surface area contributed by atoms with Crippen molar-refractivity contribution in [2.24, 2.45) is 0 Å². The number of nitrogens with one attached hydrogen (secondary N) is 1. The van der Waals surface area contributed by atoms with E-state index < -0.39 is 0 Å². The molecule has 24 heavy (non-hydrogen) atoms. The summed E-state index contributed by atoms with van der Waals surface area (Å²) in [6, 6.07) is 8.72. The van der Waals surface area contributed by atoms with Crippen LogP contribution in [0.5, 0.6) is 11.5 Å². The van der Waals surface area contributed by atoms with E-state index in [4.69, 9.17) is 9.47 Å². The predicted octanol–water partition coefficient (Wildman–Crippen LogP) is 3.83. The average Bonchev–Trinajstić information content (AvgIpc) is 3.01. The van der Waals surface area contributed by atoms with Crippen molar-refractivity contribution in [3.63, 3.8) is 0 Å². The molecular formula is C17H14N2O4S. The highest BCUT2D eigenvalue weighted by molar-refractivity contribution is 7.20. The molecule has 0 aliphatic carbocycles. The lowest BCUT2D eigenvalue weighted by Gasteiger charge is -2.07. The number of hydrogen-bond acceptors (Lipinski definition) is 6. The van der Waals surface area contributed by atoms with E-state index in [-0.39, 0.29) is 11.9 Å². The van der Waals surface area contributed by atoms with Gasteiger partial charge in [-0.05, 0) is 30.3 Å². The smallest absolute Gasteiger partial charge is 0.348 e. The first-order valence-corrected chi connectivity index (χ1v) is 7.90. The predicted molar refractivity (Wildman–Crippen MR) is 91.8 cm³/mol. The summed E-state index contributed by atoms with van der Waals surface area (Å²) in [5.74, 6) is 0.628. The van der Waals surface area contributed by atoms with Crippen molar-refractivity contribution in [2.45, 2.75) is 6.92 Å². The quantitative estimate of drug-likeness (QED) is 0.729. The molecule has 0 atom stereocenters. The summed E-state index contributed by atoms with van der Waals surface area (Å²) < 4.78 is 11.4. The van der Waals surface area contributed by atoms with Crippen LogP contribution in [0.2, 0.25) is 0 Å². The number of carbonyl (C=O) groups is 2. The molecule has 1 amide bonds. The summed E-state index contributed by atoms with van der Waals surface area (Å²) in [6.07, 6.45) is 3.27. The number of amides is 1. The molecule has 0 saturated heterocycles. The molecule has 7 heteroatoms. The Hall–Kier alpha value is -2.93. The normalized spacial score (nSPS) is 10.4. The number of thiophene rings is 1. The van der Waals surface area contributed by atoms with Crippen molar-refractivity contribution in [3.05, 3.63) is 47.6 Å². The molecule has 0 bridgehead atoms. The van der Waals surface area contributed by atoms with Gasteiger partial charge < -0.3 is 14.8 Å². The van der Waals surface area contributed by atoms with Crippen LogP contribution in [0.3, 0.4) is 0 Å². The Morgan fingerprint density at radius 1 is 1.17 bits per heavy atom. The van der Waals surface area contributed by atoms with Gasteiger partial charge in [0.05, 0.1) is 18.0 Å². The molecule has 6 nitrogen and oxygen atoms in total. The third kappa shape index (κ3) is 3.36. The number of ether oxygens (including phenoxy) is 2. The van der Waals surface area contributed by atoms with E-state index in [0.29, 0.717) is 22.1 Å². The maximum atomic E-state index is 11.7. The Kier molecular flexibility index (Phi) is 4.43. The summed E-state index contributed by atoms with van der Waals surface area (Å²) in [4.78, 5) is 27.3. The van der Waals surface area contributed by atoms with Crippen LogP contribution >= 0.6 is 11.3 Å². The van der Waals surface area contributed by atoms with Crippen molar-refractivity contribution in [1.82, 2.24) is 4.98 Å². The molecule has 3 rings (SSSR count). The lowest BCUT2D eigenvalue weighted by atomic mass is 10.2. The first kappa shape index (κ1) is 15.9. The molecule has 0 aliphatic heterocycles. The van der Waals surface area contributed by atoms with Gasteiger partial charge in [0.15, 0.2) is 5.75 Å². The van der Waals surface area contributed by atoms with Crippen molar-refractivity contribution < 1.29 is 19.1 Å². The lowest BCUT2D eigenvalue weighted by molar-refractivity contribution is -0.114. The van der Waals surface area contributed by atoms with E-state index in [9.17, 15) is 9.59 Å². The minimum Gasteiger partial charge on any atom is -0.465 e. The summed E-state index contributed by atoms with van der Waals surface area (Å²) in [5.41, 5.74) is 0.690. The lowest BCUT2D eigenvalue weighted by Crippen LogP contribution is -2.05. The Bertz CT molecular complexity index is 903. The van der Waals surface area contributed by atoms with Crippen LogP contribution < -0.4 is 10.1 Å². The zero-order valence-electron chi connectivity index (χ0n) is 13.0. The molecule has 0 radical (unpaired) electrons. The maximum Gasteiger partial charge on any atom is 0.348 e. The molecule has 1 aromatic carbocycles. The van der Waals surface area contributed by atoms with E-state index >= 15 is 0 Å². The van der Waals surface area contributed by atoms with Crippen molar-refractivity contribution in [2.75, 3.05) is 12.4 Å². The monoisotopic (exact) mass is 342 g/mol. The van der Waals surface area contributed by atoms with Crippen LogP contribution in [0, 0.1) is 0 Å². The highest BCUT2D eigenvalue weighted by Gasteiger charge is 2.14. The fraction of sp³-hybridized carbons (Fsp3) is 0.118. The maximum absolute atomic E-state index is 11.7.